The van der Waals surface area contributed by atoms with Crippen LogP contribution in [-0.2, 0) is 14.3 Å². The van der Waals surface area contributed by atoms with Gasteiger partial charge in [0.05, 0.1) is 24.2 Å². The largest absolute Gasteiger partial charge is 0.379 e. The Morgan fingerprint density at radius 3 is 1.16 bits per heavy atom. The van der Waals surface area contributed by atoms with Crippen LogP contribution >= 0.6 is 0 Å². The van der Waals surface area contributed by atoms with E-state index < -0.39 is 5.60 Å². The number of methoxy groups -OCH3 is 1. The second kappa shape index (κ2) is 28.8. The monoisotopic (exact) mass is 610 g/mol. The third-order valence-corrected chi connectivity index (χ3v) is 9.24. The second-order valence-electron chi connectivity index (χ2n) is 14.7. The van der Waals surface area contributed by atoms with Gasteiger partial charge in [0.1, 0.15) is 0 Å². The SMILES string of the molecule is CCCCCCCCCCCCCCN(CCCCCCCCCCCCCC)C(=O)CC(C)(C)OCCC(C)(C)OC. The van der Waals surface area contributed by atoms with Crippen LogP contribution in [0.2, 0.25) is 0 Å². The first-order chi connectivity index (χ1) is 20.7. The van der Waals surface area contributed by atoms with Crippen LogP contribution in [0.5, 0.6) is 0 Å². The lowest BCUT2D eigenvalue weighted by atomic mass is 10.0. The van der Waals surface area contributed by atoms with Gasteiger partial charge in [0.25, 0.3) is 0 Å². The predicted molar refractivity (Wildman–Crippen MR) is 189 cm³/mol. The molecule has 1 amide bonds. The van der Waals surface area contributed by atoms with Gasteiger partial charge in [-0.25, -0.2) is 0 Å². The normalized spacial score (nSPS) is 12.3. The van der Waals surface area contributed by atoms with E-state index in [9.17, 15) is 4.79 Å². The molecule has 0 spiro atoms. The Morgan fingerprint density at radius 1 is 0.512 bits per heavy atom. The molecule has 0 saturated carbocycles. The summed E-state index contributed by atoms with van der Waals surface area (Å²) >= 11 is 0. The van der Waals surface area contributed by atoms with Crippen molar-refractivity contribution in [3.05, 3.63) is 0 Å². The molecule has 0 radical (unpaired) electrons. The molecular weight excluding hydrogens is 530 g/mol. The predicted octanol–water partition coefficient (Wildman–Crippen LogP) is 12.2. The molecule has 4 heteroatoms. The third kappa shape index (κ3) is 28.6. The maximum atomic E-state index is 13.5. The van der Waals surface area contributed by atoms with Crippen molar-refractivity contribution in [3.63, 3.8) is 0 Å². The van der Waals surface area contributed by atoms with Crippen LogP contribution in [0, 0.1) is 0 Å². The number of carbonyl (C=O) groups excluding carboxylic acids is 1. The minimum absolute atomic E-state index is 0.199. The van der Waals surface area contributed by atoms with Gasteiger partial charge >= 0.3 is 0 Å². The molecule has 4 nitrogen and oxygen atoms in total. The number of amides is 1. The average molecular weight is 610 g/mol. The van der Waals surface area contributed by atoms with Crippen molar-refractivity contribution < 1.29 is 14.3 Å². The van der Waals surface area contributed by atoms with Gasteiger partial charge in [0, 0.05) is 20.2 Å². The molecule has 0 fully saturated rings. The van der Waals surface area contributed by atoms with E-state index in [0.29, 0.717) is 13.0 Å². The molecule has 0 saturated heterocycles. The van der Waals surface area contributed by atoms with Gasteiger partial charge in [-0.2, -0.15) is 0 Å². The van der Waals surface area contributed by atoms with Gasteiger partial charge in [0.2, 0.25) is 5.91 Å². The van der Waals surface area contributed by atoms with E-state index in [1.165, 1.54) is 141 Å². The first-order valence-corrected chi connectivity index (χ1v) is 19.1. The van der Waals surface area contributed by atoms with Crippen LogP contribution < -0.4 is 0 Å². The quantitative estimate of drug-likeness (QED) is 0.0695. The molecule has 0 N–H and O–H groups in total. The van der Waals surface area contributed by atoms with Crippen molar-refractivity contribution in [2.45, 2.75) is 220 Å². The molecule has 0 aliphatic heterocycles. The van der Waals surface area contributed by atoms with Crippen molar-refractivity contribution in [3.8, 4) is 0 Å². The van der Waals surface area contributed by atoms with Gasteiger partial charge in [-0.3, -0.25) is 4.79 Å². The first kappa shape index (κ1) is 42.4. The van der Waals surface area contributed by atoms with Gasteiger partial charge in [-0.1, -0.05) is 155 Å². The summed E-state index contributed by atoms with van der Waals surface area (Å²) < 4.78 is 11.7. The maximum Gasteiger partial charge on any atom is 0.225 e. The number of nitrogens with zero attached hydrogens (tertiary/aromatic N) is 1. The summed E-state index contributed by atoms with van der Waals surface area (Å²) in [4.78, 5) is 15.6. The number of hydrogen-bond donors (Lipinski definition) is 0. The highest BCUT2D eigenvalue weighted by Crippen LogP contribution is 2.21. The number of ether oxygens (including phenoxy) is 2. The van der Waals surface area contributed by atoms with Crippen LogP contribution in [0.15, 0.2) is 0 Å². The number of hydrogen-bond acceptors (Lipinski definition) is 3. The summed E-state index contributed by atoms with van der Waals surface area (Å²) in [5, 5.41) is 0. The zero-order valence-corrected chi connectivity index (χ0v) is 30.7. The summed E-state index contributed by atoms with van der Waals surface area (Å²) in [6.07, 6.45) is 33.7. The van der Waals surface area contributed by atoms with Gasteiger partial charge < -0.3 is 14.4 Å². The highest BCUT2D eigenvalue weighted by Gasteiger charge is 2.27. The molecule has 0 unspecified atom stereocenters. The Bertz CT molecular complexity index is 575. The smallest absolute Gasteiger partial charge is 0.225 e. The van der Waals surface area contributed by atoms with Crippen LogP contribution in [-0.4, -0.2) is 48.8 Å². The van der Waals surface area contributed by atoms with Gasteiger partial charge in [0.15, 0.2) is 0 Å². The van der Waals surface area contributed by atoms with Crippen LogP contribution in [0.1, 0.15) is 208 Å². The summed E-state index contributed by atoms with van der Waals surface area (Å²) in [5.41, 5.74) is -0.651. The van der Waals surface area contributed by atoms with Crippen LogP contribution in [0.25, 0.3) is 0 Å². The minimum atomic E-state index is -0.452. The van der Waals surface area contributed by atoms with Crippen LogP contribution in [0.3, 0.4) is 0 Å². The first-order valence-electron chi connectivity index (χ1n) is 19.1. The molecule has 0 aliphatic rings. The number of rotatable bonds is 33. The van der Waals surface area contributed by atoms with Crippen molar-refractivity contribution in [1.82, 2.24) is 4.90 Å². The summed E-state index contributed by atoms with van der Waals surface area (Å²) in [6, 6.07) is 0. The molecule has 0 aromatic heterocycles. The Kier molecular flexibility index (Phi) is 28.4. The Hall–Kier alpha value is -0.610. The van der Waals surface area contributed by atoms with E-state index in [4.69, 9.17) is 9.47 Å². The molecule has 0 heterocycles. The van der Waals surface area contributed by atoms with Gasteiger partial charge in [-0.05, 0) is 47.0 Å². The number of carbonyl (C=O) groups is 1. The fourth-order valence-electron chi connectivity index (χ4n) is 5.85. The Labute approximate surface area is 271 Å². The standard InChI is InChI=1S/C39H79NO3/c1-8-10-12-14-16-18-20-22-24-26-28-30-33-40(34-31-29-27-25-23-21-19-17-15-13-11-9-2)37(41)36-39(5,6)43-35-32-38(3,4)42-7/h8-36H2,1-7H3. The van der Waals surface area contributed by atoms with Crippen molar-refractivity contribution >= 4 is 5.91 Å². The van der Waals surface area contributed by atoms with E-state index in [0.717, 1.165) is 32.4 Å². The minimum Gasteiger partial charge on any atom is -0.379 e. The second-order valence-corrected chi connectivity index (χ2v) is 14.7. The van der Waals surface area contributed by atoms with Crippen molar-refractivity contribution in [2.24, 2.45) is 0 Å². The van der Waals surface area contributed by atoms with E-state index in [-0.39, 0.29) is 11.5 Å². The molecular formula is C39H79NO3. The highest BCUT2D eigenvalue weighted by atomic mass is 16.5. The Balaban J connectivity index is 4.39. The maximum absolute atomic E-state index is 13.5. The van der Waals surface area contributed by atoms with E-state index >= 15 is 0 Å². The van der Waals surface area contributed by atoms with Gasteiger partial charge in [-0.15, -0.1) is 0 Å². The van der Waals surface area contributed by atoms with E-state index in [2.05, 4.69) is 46.4 Å². The molecule has 258 valence electrons. The third-order valence-electron chi connectivity index (χ3n) is 9.24. The topological polar surface area (TPSA) is 38.8 Å². The van der Waals surface area contributed by atoms with Crippen molar-refractivity contribution in [1.29, 1.82) is 0 Å². The lowest BCUT2D eigenvalue weighted by Gasteiger charge is -2.31. The zero-order valence-electron chi connectivity index (χ0n) is 30.7. The summed E-state index contributed by atoms with van der Waals surface area (Å²) in [7, 11) is 1.75. The summed E-state index contributed by atoms with van der Waals surface area (Å²) in [6.45, 7) is 15.3. The van der Waals surface area contributed by atoms with E-state index in [1.54, 1.807) is 7.11 Å². The fraction of sp³-hybridized carbons (Fsp3) is 0.974. The lowest BCUT2D eigenvalue weighted by molar-refractivity contribution is -0.138. The molecule has 0 aromatic carbocycles. The molecule has 0 rings (SSSR count). The molecule has 0 atom stereocenters. The van der Waals surface area contributed by atoms with E-state index in [1.807, 2.05) is 0 Å². The Morgan fingerprint density at radius 2 is 0.837 bits per heavy atom. The van der Waals surface area contributed by atoms with Crippen LogP contribution in [0.4, 0.5) is 0 Å². The molecule has 0 aliphatic carbocycles. The highest BCUT2D eigenvalue weighted by molar-refractivity contribution is 5.77. The zero-order chi connectivity index (χ0) is 32.1. The summed E-state index contributed by atoms with van der Waals surface area (Å²) in [5.74, 6) is 0.266. The molecule has 0 aromatic rings. The average Bonchev–Trinajstić information content (AvgIpc) is 2.96. The number of unbranched alkanes of at least 4 members (excludes halogenated alkanes) is 22. The molecule has 0 bridgehead atoms. The lowest BCUT2D eigenvalue weighted by Crippen LogP contribution is -2.39. The van der Waals surface area contributed by atoms with Crippen molar-refractivity contribution in [2.75, 3.05) is 26.8 Å². The fourth-order valence-corrected chi connectivity index (χ4v) is 5.85. The molecule has 43 heavy (non-hydrogen) atoms.